The van der Waals surface area contributed by atoms with E-state index in [1.54, 1.807) is 4.31 Å². The Morgan fingerprint density at radius 2 is 1.79 bits per heavy atom. The van der Waals surface area contributed by atoms with Gasteiger partial charge in [-0.3, -0.25) is 0 Å². The van der Waals surface area contributed by atoms with E-state index in [1.165, 1.54) is 0 Å². The molecule has 0 aromatic carbocycles. The fourth-order valence-corrected chi connectivity index (χ4v) is 3.14. The largest absolute Gasteiger partial charge is 0.214 e. The van der Waals surface area contributed by atoms with Crippen molar-refractivity contribution in [2.45, 2.75) is 40.5 Å². The van der Waals surface area contributed by atoms with Gasteiger partial charge in [0, 0.05) is 13.1 Å². The van der Waals surface area contributed by atoms with Gasteiger partial charge in [0.2, 0.25) is 10.0 Å². The van der Waals surface area contributed by atoms with Crippen molar-refractivity contribution in [2.24, 2.45) is 5.92 Å². The van der Waals surface area contributed by atoms with E-state index in [-0.39, 0.29) is 0 Å². The van der Waals surface area contributed by atoms with Gasteiger partial charge in [0.25, 0.3) is 0 Å². The SMILES string of the molecule is CCCN(CC)S(=O)(=O)CCC(C)C. The Labute approximate surface area is 88.5 Å². The molecule has 0 aliphatic carbocycles. The smallest absolute Gasteiger partial charge is 0.212 e. The van der Waals surface area contributed by atoms with Crippen molar-refractivity contribution in [3.8, 4) is 0 Å². The first kappa shape index (κ1) is 13.9. The van der Waals surface area contributed by atoms with Gasteiger partial charge in [-0.25, -0.2) is 12.7 Å². The molecule has 0 aromatic heterocycles. The summed E-state index contributed by atoms with van der Waals surface area (Å²) in [6, 6.07) is 0. The van der Waals surface area contributed by atoms with E-state index < -0.39 is 10.0 Å². The van der Waals surface area contributed by atoms with Crippen LogP contribution < -0.4 is 0 Å². The van der Waals surface area contributed by atoms with Gasteiger partial charge in [-0.2, -0.15) is 0 Å². The Morgan fingerprint density at radius 1 is 1.21 bits per heavy atom. The average molecular weight is 221 g/mol. The third kappa shape index (κ3) is 4.96. The Morgan fingerprint density at radius 3 is 2.14 bits per heavy atom. The average Bonchev–Trinajstić information content (AvgIpc) is 2.11. The van der Waals surface area contributed by atoms with Crippen LogP contribution in [-0.4, -0.2) is 31.6 Å². The predicted octanol–water partition coefficient (Wildman–Crippen LogP) is 2.09. The minimum atomic E-state index is -3.00. The lowest BCUT2D eigenvalue weighted by molar-refractivity contribution is 0.423. The quantitative estimate of drug-likeness (QED) is 0.660. The molecular weight excluding hydrogens is 198 g/mol. The second-order valence-corrected chi connectivity index (χ2v) is 6.08. The molecule has 0 unspecified atom stereocenters. The Bertz CT molecular complexity index is 235. The molecule has 0 N–H and O–H groups in total. The standard InChI is InChI=1S/C10H23NO2S/c1-5-8-11(6-2)14(12,13)9-7-10(3)4/h10H,5-9H2,1-4H3. The van der Waals surface area contributed by atoms with Crippen molar-refractivity contribution in [1.82, 2.24) is 4.31 Å². The van der Waals surface area contributed by atoms with Gasteiger partial charge in [-0.1, -0.05) is 27.7 Å². The number of nitrogens with zero attached hydrogens (tertiary/aromatic N) is 1. The second-order valence-electron chi connectivity index (χ2n) is 3.99. The van der Waals surface area contributed by atoms with E-state index in [0.29, 0.717) is 24.8 Å². The zero-order valence-corrected chi connectivity index (χ0v) is 10.6. The van der Waals surface area contributed by atoms with E-state index >= 15 is 0 Å². The summed E-state index contributed by atoms with van der Waals surface area (Å²) >= 11 is 0. The molecule has 0 saturated carbocycles. The molecule has 0 saturated heterocycles. The highest BCUT2D eigenvalue weighted by Crippen LogP contribution is 2.08. The predicted molar refractivity (Wildman–Crippen MR) is 60.8 cm³/mol. The summed E-state index contributed by atoms with van der Waals surface area (Å²) in [5, 5.41) is 0. The van der Waals surface area contributed by atoms with E-state index in [0.717, 1.165) is 12.8 Å². The molecule has 0 aromatic rings. The molecule has 0 amide bonds. The molecule has 0 rings (SSSR count). The van der Waals surface area contributed by atoms with Gasteiger partial charge in [0.15, 0.2) is 0 Å². The number of hydrogen-bond acceptors (Lipinski definition) is 2. The molecule has 4 heteroatoms. The summed E-state index contributed by atoms with van der Waals surface area (Å²) in [6.45, 7) is 9.23. The lowest BCUT2D eigenvalue weighted by Crippen LogP contribution is -2.33. The van der Waals surface area contributed by atoms with Gasteiger partial charge in [-0.05, 0) is 18.8 Å². The molecule has 0 radical (unpaired) electrons. The Kier molecular flexibility index (Phi) is 6.36. The van der Waals surface area contributed by atoms with Crippen LogP contribution in [0.3, 0.4) is 0 Å². The van der Waals surface area contributed by atoms with Crippen LogP contribution in [0.15, 0.2) is 0 Å². The maximum atomic E-state index is 11.8. The lowest BCUT2D eigenvalue weighted by Gasteiger charge is -2.20. The normalized spacial score (nSPS) is 12.7. The maximum Gasteiger partial charge on any atom is 0.214 e. The molecule has 86 valence electrons. The minimum absolute atomic E-state index is 0.290. The topological polar surface area (TPSA) is 37.4 Å². The fourth-order valence-electron chi connectivity index (χ4n) is 1.26. The molecular formula is C10H23NO2S. The van der Waals surface area contributed by atoms with Gasteiger partial charge in [0.1, 0.15) is 0 Å². The summed E-state index contributed by atoms with van der Waals surface area (Å²) in [5.74, 6) is 0.739. The van der Waals surface area contributed by atoms with Gasteiger partial charge < -0.3 is 0 Å². The summed E-state index contributed by atoms with van der Waals surface area (Å²) in [4.78, 5) is 0. The molecule has 0 atom stereocenters. The maximum absolute atomic E-state index is 11.8. The van der Waals surface area contributed by atoms with Crippen LogP contribution in [0.1, 0.15) is 40.5 Å². The van der Waals surface area contributed by atoms with Gasteiger partial charge in [-0.15, -0.1) is 0 Å². The number of hydrogen-bond donors (Lipinski definition) is 0. The Balaban J connectivity index is 4.27. The molecule has 0 bridgehead atoms. The second kappa shape index (κ2) is 6.40. The third-order valence-electron chi connectivity index (χ3n) is 2.17. The summed E-state index contributed by atoms with van der Waals surface area (Å²) < 4.78 is 25.1. The molecule has 0 heterocycles. The lowest BCUT2D eigenvalue weighted by atomic mass is 10.2. The summed E-state index contributed by atoms with van der Waals surface area (Å²) in [6.07, 6.45) is 1.64. The highest BCUT2D eigenvalue weighted by molar-refractivity contribution is 7.89. The van der Waals surface area contributed by atoms with Crippen LogP contribution in [0, 0.1) is 5.92 Å². The minimum Gasteiger partial charge on any atom is -0.212 e. The summed E-state index contributed by atoms with van der Waals surface area (Å²) in [5.41, 5.74) is 0. The van der Waals surface area contributed by atoms with Crippen LogP contribution >= 0.6 is 0 Å². The fraction of sp³-hybridized carbons (Fsp3) is 1.00. The van der Waals surface area contributed by atoms with Crippen LogP contribution in [-0.2, 0) is 10.0 Å². The highest BCUT2D eigenvalue weighted by atomic mass is 32.2. The van der Waals surface area contributed by atoms with Gasteiger partial charge in [0.05, 0.1) is 5.75 Å². The molecule has 3 nitrogen and oxygen atoms in total. The molecule has 0 spiro atoms. The van der Waals surface area contributed by atoms with Crippen LogP contribution in [0.25, 0.3) is 0 Å². The first-order valence-electron chi connectivity index (χ1n) is 5.41. The Hall–Kier alpha value is -0.0900. The van der Waals surface area contributed by atoms with Crippen molar-refractivity contribution < 1.29 is 8.42 Å². The van der Waals surface area contributed by atoms with Crippen molar-refractivity contribution in [1.29, 1.82) is 0 Å². The van der Waals surface area contributed by atoms with Crippen molar-refractivity contribution >= 4 is 10.0 Å². The van der Waals surface area contributed by atoms with Crippen LogP contribution in [0.5, 0.6) is 0 Å². The van der Waals surface area contributed by atoms with Crippen molar-refractivity contribution in [3.63, 3.8) is 0 Å². The monoisotopic (exact) mass is 221 g/mol. The first-order chi connectivity index (χ1) is 6.44. The first-order valence-corrected chi connectivity index (χ1v) is 7.02. The zero-order chi connectivity index (χ0) is 11.2. The van der Waals surface area contributed by atoms with Crippen LogP contribution in [0.2, 0.25) is 0 Å². The van der Waals surface area contributed by atoms with E-state index in [9.17, 15) is 8.42 Å². The molecule has 14 heavy (non-hydrogen) atoms. The zero-order valence-electron chi connectivity index (χ0n) is 9.78. The van der Waals surface area contributed by atoms with E-state index in [1.807, 2.05) is 27.7 Å². The van der Waals surface area contributed by atoms with Gasteiger partial charge >= 0.3 is 0 Å². The molecule has 0 fully saturated rings. The number of sulfonamides is 1. The molecule has 0 aliphatic rings. The van der Waals surface area contributed by atoms with E-state index in [4.69, 9.17) is 0 Å². The van der Waals surface area contributed by atoms with Crippen molar-refractivity contribution in [2.75, 3.05) is 18.8 Å². The van der Waals surface area contributed by atoms with Crippen molar-refractivity contribution in [3.05, 3.63) is 0 Å². The van der Waals surface area contributed by atoms with Crippen LogP contribution in [0.4, 0.5) is 0 Å². The van der Waals surface area contributed by atoms with E-state index in [2.05, 4.69) is 0 Å². The summed E-state index contributed by atoms with van der Waals surface area (Å²) in [7, 11) is -3.00. The molecule has 0 aliphatic heterocycles. The number of rotatable bonds is 7. The third-order valence-corrected chi connectivity index (χ3v) is 4.15. The highest BCUT2D eigenvalue weighted by Gasteiger charge is 2.19.